The van der Waals surface area contributed by atoms with Crippen LogP contribution < -0.4 is 11.1 Å². The minimum atomic E-state index is -1.38. The van der Waals surface area contributed by atoms with Crippen LogP contribution in [0.3, 0.4) is 0 Å². The largest absolute Gasteiger partial charge is 0.477 e. The number of hydrogen-bond acceptors (Lipinski definition) is 12. The van der Waals surface area contributed by atoms with Crippen LogP contribution in [0.2, 0.25) is 0 Å². The zero-order valence-electron chi connectivity index (χ0n) is 16.3. The van der Waals surface area contributed by atoms with Crippen molar-refractivity contribution in [1.29, 1.82) is 0 Å². The van der Waals surface area contributed by atoms with E-state index in [4.69, 9.17) is 10.6 Å². The molecule has 1 aromatic rings. The number of aromatic nitrogens is 1. The summed E-state index contributed by atoms with van der Waals surface area (Å²) in [6.45, 7) is 0. The van der Waals surface area contributed by atoms with E-state index in [1.165, 1.54) is 24.3 Å². The Kier molecular flexibility index (Phi) is 5.96. The molecule has 4 heterocycles. The third-order valence-corrected chi connectivity index (χ3v) is 8.10. The molecular formula is C17H15N5O7S3. The molecule has 0 spiro atoms. The number of oxime groups is 1. The first-order chi connectivity index (χ1) is 15.2. The monoisotopic (exact) mass is 497 g/mol. The summed E-state index contributed by atoms with van der Waals surface area (Å²) >= 11 is 3.34. The van der Waals surface area contributed by atoms with Gasteiger partial charge in [0.15, 0.2) is 10.8 Å². The minimum absolute atomic E-state index is 0.0244. The van der Waals surface area contributed by atoms with Crippen LogP contribution in [0.1, 0.15) is 5.69 Å². The summed E-state index contributed by atoms with van der Waals surface area (Å²) in [6.07, 6.45) is 0. The maximum absolute atomic E-state index is 12.8. The topological polar surface area (TPSA) is 181 Å². The predicted molar refractivity (Wildman–Crippen MR) is 116 cm³/mol. The third-order valence-electron chi connectivity index (χ3n) is 4.86. The maximum Gasteiger partial charge on any atom is 0.352 e. The molecule has 3 aliphatic rings. The van der Waals surface area contributed by atoms with Crippen LogP contribution in [0.25, 0.3) is 0 Å². The third kappa shape index (κ3) is 3.65. The number of aliphatic carboxylic acids is 1. The second kappa shape index (κ2) is 8.55. The number of rotatable bonds is 6. The van der Waals surface area contributed by atoms with E-state index >= 15 is 0 Å². The highest BCUT2D eigenvalue weighted by Gasteiger charge is 2.56. The molecule has 0 aliphatic carbocycles. The average Bonchev–Trinajstić information content (AvgIpc) is 3.34. The number of carbonyl (C=O) groups excluding carboxylic acids is 4. The lowest BCUT2D eigenvalue weighted by atomic mass is 9.99. The smallest absolute Gasteiger partial charge is 0.352 e. The number of nitrogens with zero attached hydrogens (tertiary/aromatic N) is 3. The Morgan fingerprint density at radius 3 is 2.62 bits per heavy atom. The van der Waals surface area contributed by atoms with E-state index in [1.54, 1.807) is 0 Å². The van der Waals surface area contributed by atoms with Gasteiger partial charge in [-0.3, -0.25) is 24.1 Å². The number of nitrogens with two attached hydrogens (primary N) is 1. The number of anilines is 1. The maximum atomic E-state index is 12.8. The predicted octanol–water partition coefficient (Wildman–Crippen LogP) is -0.932. The van der Waals surface area contributed by atoms with Crippen LogP contribution in [0.5, 0.6) is 0 Å². The van der Waals surface area contributed by atoms with E-state index in [9.17, 15) is 29.1 Å². The Hall–Kier alpha value is -2.91. The number of hydrogen-bond donors (Lipinski definition) is 3. The molecule has 2 unspecified atom stereocenters. The fourth-order valence-corrected chi connectivity index (χ4v) is 6.64. The van der Waals surface area contributed by atoms with Crippen LogP contribution in [0.4, 0.5) is 5.13 Å². The highest BCUT2D eigenvalue weighted by molar-refractivity contribution is 8.03. The standard InChI is InChI=1S/C17H15N5O7S3/c1-29-21-8(6-3-32-17(18)19-6)13(25)20-9-14(26)22-10(16(27)28)5(2-31-15(9)22)12-11(24)7(23)4-30-12/h3,9,12,15H,2,4H2,1H3,(H2,18,19)(H,20,25)(H,27,28)/b21-8-/t9?,12?,15-/m0/s1. The quantitative estimate of drug-likeness (QED) is 0.191. The molecule has 2 fully saturated rings. The Morgan fingerprint density at radius 1 is 1.31 bits per heavy atom. The number of fused-ring (bicyclic) bond motifs is 1. The van der Waals surface area contributed by atoms with Gasteiger partial charge in [-0.15, -0.1) is 34.9 Å². The molecule has 12 nitrogen and oxygen atoms in total. The lowest BCUT2D eigenvalue weighted by molar-refractivity contribution is -0.150. The average molecular weight is 498 g/mol. The van der Waals surface area contributed by atoms with Gasteiger partial charge in [0, 0.05) is 11.1 Å². The first kappa shape index (κ1) is 22.3. The Labute approximate surface area is 192 Å². The van der Waals surface area contributed by atoms with Crippen molar-refractivity contribution in [3.05, 3.63) is 22.3 Å². The zero-order chi connectivity index (χ0) is 23.2. The molecule has 3 aliphatic heterocycles. The molecule has 2 amide bonds. The van der Waals surface area contributed by atoms with Crippen molar-refractivity contribution in [2.45, 2.75) is 16.7 Å². The first-order valence-electron chi connectivity index (χ1n) is 8.97. The van der Waals surface area contributed by atoms with Crippen molar-refractivity contribution in [2.75, 3.05) is 24.3 Å². The molecule has 3 atom stereocenters. The Morgan fingerprint density at radius 2 is 2.06 bits per heavy atom. The molecule has 2 saturated heterocycles. The highest BCUT2D eigenvalue weighted by atomic mass is 32.2. The van der Waals surface area contributed by atoms with E-state index in [-0.39, 0.29) is 39.3 Å². The summed E-state index contributed by atoms with van der Waals surface area (Å²) in [5, 5.41) is 16.0. The lowest BCUT2D eigenvalue weighted by Gasteiger charge is -2.49. The van der Waals surface area contributed by atoms with Gasteiger partial charge in [-0.05, 0) is 5.57 Å². The van der Waals surface area contributed by atoms with E-state index in [1.807, 2.05) is 0 Å². The number of nitrogens with one attached hydrogen (secondary N) is 1. The van der Waals surface area contributed by atoms with E-state index in [0.29, 0.717) is 0 Å². The fraction of sp³-hybridized carbons (Fsp3) is 0.353. The van der Waals surface area contributed by atoms with Gasteiger partial charge in [-0.25, -0.2) is 9.78 Å². The molecule has 0 aromatic carbocycles. The molecule has 4 N–H and O–H groups in total. The SMILES string of the molecule is CO/N=C(\C(=O)NC1C(=O)N2C(C(=O)O)=C(C3SCC(=O)C3=O)CS[C@@H]12)c1csc(N)n1. The van der Waals surface area contributed by atoms with Crippen LogP contribution >= 0.6 is 34.9 Å². The number of carbonyl (C=O) groups is 5. The number of carboxylic acid groups (broad SMARTS) is 1. The van der Waals surface area contributed by atoms with Crippen molar-refractivity contribution >= 4 is 75.1 Å². The Bertz CT molecular complexity index is 1110. The van der Waals surface area contributed by atoms with Gasteiger partial charge < -0.3 is 21.0 Å². The summed E-state index contributed by atoms with van der Waals surface area (Å²) in [4.78, 5) is 71.0. The molecule has 32 heavy (non-hydrogen) atoms. The lowest BCUT2D eigenvalue weighted by Crippen LogP contribution is -2.71. The zero-order valence-corrected chi connectivity index (χ0v) is 18.7. The number of amides is 2. The molecule has 15 heteroatoms. The number of thioether (sulfide) groups is 2. The van der Waals surface area contributed by atoms with E-state index in [0.717, 1.165) is 28.0 Å². The van der Waals surface area contributed by atoms with Crippen LogP contribution in [-0.2, 0) is 28.8 Å². The second-order valence-electron chi connectivity index (χ2n) is 6.71. The van der Waals surface area contributed by atoms with Crippen molar-refractivity contribution in [3.63, 3.8) is 0 Å². The minimum Gasteiger partial charge on any atom is -0.477 e. The van der Waals surface area contributed by atoms with Crippen LogP contribution in [-0.4, -0.2) is 85.3 Å². The van der Waals surface area contributed by atoms with Gasteiger partial charge in [0.25, 0.3) is 11.8 Å². The normalized spacial score (nSPS) is 25.5. The number of thiazole rings is 1. The van der Waals surface area contributed by atoms with Crippen molar-refractivity contribution in [3.8, 4) is 0 Å². The molecule has 168 valence electrons. The summed E-state index contributed by atoms with van der Waals surface area (Å²) in [7, 11) is 1.24. The number of Topliss-reactive ketones (excluding diaryl/α,β-unsaturated/α-hetero) is 2. The fourth-order valence-electron chi connectivity index (χ4n) is 3.46. The van der Waals surface area contributed by atoms with Crippen molar-refractivity contribution in [1.82, 2.24) is 15.2 Å². The molecule has 4 rings (SSSR count). The van der Waals surface area contributed by atoms with Gasteiger partial charge in [0.05, 0.1) is 11.0 Å². The number of β-lactam (4-membered cyclic amide) rings is 1. The van der Waals surface area contributed by atoms with Crippen LogP contribution in [0, 0.1) is 0 Å². The molecule has 0 radical (unpaired) electrons. The van der Waals surface area contributed by atoms with E-state index in [2.05, 4.69) is 15.5 Å². The summed E-state index contributed by atoms with van der Waals surface area (Å²) < 4.78 is 0. The van der Waals surface area contributed by atoms with Gasteiger partial charge >= 0.3 is 5.97 Å². The molecule has 1 aromatic heterocycles. The van der Waals surface area contributed by atoms with Gasteiger partial charge in [-0.1, -0.05) is 5.16 Å². The van der Waals surface area contributed by atoms with Crippen molar-refractivity contribution in [2.24, 2.45) is 5.16 Å². The first-order valence-corrected chi connectivity index (χ1v) is 11.9. The second-order valence-corrected chi connectivity index (χ2v) is 9.80. The highest BCUT2D eigenvalue weighted by Crippen LogP contribution is 2.44. The molecule has 0 saturated carbocycles. The summed E-state index contributed by atoms with van der Waals surface area (Å²) in [5.74, 6) is -3.91. The van der Waals surface area contributed by atoms with Gasteiger partial charge in [0.1, 0.15) is 29.9 Å². The number of carboxylic acids is 1. The molecular weight excluding hydrogens is 482 g/mol. The summed E-state index contributed by atoms with van der Waals surface area (Å²) in [5.41, 5.74) is 5.48. The molecule has 0 bridgehead atoms. The van der Waals surface area contributed by atoms with Gasteiger partial charge in [0.2, 0.25) is 11.6 Å². The number of ketones is 2. The number of nitrogen functional groups attached to an aromatic ring is 1. The van der Waals surface area contributed by atoms with Gasteiger partial charge in [-0.2, -0.15) is 0 Å². The summed E-state index contributed by atoms with van der Waals surface area (Å²) in [6, 6.07) is -1.02. The Balaban J connectivity index is 1.56. The van der Waals surface area contributed by atoms with E-state index < -0.39 is 46.0 Å². The van der Waals surface area contributed by atoms with Crippen molar-refractivity contribution < 1.29 is 33.9 Å². The van der Waals surface area contributed by atoms with Crippen LogP contribution in [0.15, 0.2) is 21.8 Å².